The maximum absolute atomic E-state index is 9.48. The lowest BCUT2D eigenvalue weighted by molar-refractivity contribution is 0.412. The lowest BCUT2D eigenvalue weighted by Crippen LogP contribution is -2.00. The molecule has 0 bridgehead atoms. The number of hydrogen-bond acceptors (Lipinski definition) is 5. The van der Waals surface area contributed by atoms with Crippen LogP contribution in [0.25, 0.3) is 22.4 Å². The Morgan fingerprint density at radius 1 is 1.12 bits per heavy atom. The third-order valence-electron chi connectivity index (χ3n) is 3.60. The van der Waals surface area contributed by atoms with E-state index in [4.69, 9.17) is 10.5 Å². The number of anilines is 1. The molecule has 0 saturated heterocycles. The average molecular weight is 381 g/mol. The van der Waals surface area contributed by atoms with Gasteiger partial charge < -0.3 is 10.5 Å². The molecule has 0 amide bonds. The van der Waals surface area contributed by atoms with Crippen molar-refractivity contribution in [3.05, 3.63) is 58.8 Å². The van der Waals surface area contributed by atoms with E-state index < -0.39 is 0 Å². The van der Waals surface area contributed by atoms with Gasteiger partial charge in [-0.15, -0.1) is 0 Å². The first kappa shape index (κ1) is 16.0. The zero-order valence-electron chi connectivity index (χ0n) is 12.8. The van der Waals surface area contributed by atoms with Gasteiger partial charge >= 0.3 is 0 Å². The molecule has 0 atom stereocenters. The Morgan fingerprint density at radius 2 is 1.88 bits per heavy atom. The highest BCUT2D eigenvalue weighted by atomic mass is 79.9. The SMILES string of the molecule is COc1ccc(-c2cc(-c3ccncc3)nc(N)c2C#N)cc1Br. The number of ether oxygens (including phenoxy) is 1. The molecule has 0 aliphatic rings. The Balaban J connectivity index is 2.21. The van der Waals surface area contributed by atoms with Gasteiger partial charge in [-0.3, -0.25) is 4.98 Å². The number of methoxy groups -OCH3 is 1. The van der Waals surface area contributed by atoms with Crippen LogP contribution in [0.1, 0.15) is 5.56 Å². The number of hydrogen-bond donors (Lipinski definition) is 1. The zero-order chi connectivity index (χ0) is 17.1. The number of benzene rings is 1. The van der Waals surface area contributed by atoms with Crippen LogP contribution < -0.4 is 10.5 Å². The summed E-state index contributed by atoms with van der Waals surface area (Å²) in [6.07, 6.45) is 3.38. The molecular formula is C18H13BrN4O. The summed E-state index contributed by atoms with van der Waals surface area (Å²) in [5.74, 6) is 0.919. The van der Waals surface area contributed by atoms with Crippen LogP contribution in [-0.4, -0.2) is 17.1 Å². The summed E-state index contributed by atoms with van der Waals surface area (Å²) in [4.78, 5) is 8.35. The van der Waals surface area contributed by atoms with Gasteiger partial charge in [0.25, 0.3) is 0 Å². The van der Waals surface area contributed by atoms with E-state index in [9.17, 15) is 5.26 Å². The van der Waals surface area contributed by atoms with Crippen LogP contribution in [0.15, 0.2) is 53.3 Å². The number of pyridine rings is 2. The zero-order valence-corrected chi connectivity index (χ0v) is 14.4. The maximum atomic E-state index is 9.48. The third kappa shape index (κ3) is 2.94. The molecule has 0 aliphatic heterocycles. The van der Waals surface area contributed by atoms with Gasteiger partial charge in [0.15, 0.2) is 0 Å². The van der Waals surface area contributed by atoms with E-state index >= 15 is 0 Å². The van der Waals surface area contributed by atoms with Crippen LogP contribution in [0.2, 0.25) is 0 Å². The van der Waals surface area contributed by atoms with Crippen LogP contribution >= 0.6 is 15.9 Å². The Hall–Kier alpha value is -2.91. The fourth-order valence-corrected chi connectivity index (χ4v) is 2.96. The first-order chi connectivity index (χ1) is 11.6. The highest BCUT2D eigenvalue weighted by Crippen LogP contribution is 2.35. The number of nitrogens with zero attached hydrogens (tertiary/aromatic N) is 3. The summed E-state index contributed by atoms with van der Waals surface area (Å²) in [6, 6.07) is 13.3. The summed E-state index contributed by atoms with van der Waals surface area (Å²) >= 11 is 3.47. The number of aromatic nitrogens is 2. The predicted molar refractivity (Wildman–Crippen MR) is 96.3 cm³/mol. The minimum Gasteiger partial charge on any atom is -0.496 e. The van der Waals surface area contributed by atoms with Gasteiger partial charge in [-0.2, -0.15) is 5.26 Å². The molecule has 3 aromatic rings. The number of nitrogen functional groups attached to an aromatic ring is 1. The fourth-order valence-electron chi connectivity index (χ4n) is 2.41. The largest absolute Gasteiger partial charge is 0.496 e. The average Bonchev–Trinajstić information content (AvgIpc) is 2.61. The number of nitriles is 1. The standard InChI is InChI=1S/C18H13BrN4O/c1-24-17-3-2-12(8-15(17)19)13-9-16(11-4-6-22-7-5-11)23-18(21)14(13)10-20/h2-9H,1H3,(H2,21,23). The Labute approximate surface area is 147 Å². The Kier molecular flexibility index (Phi) is 4.45. The van der Waals surface area contributed by atoms with Crippen LogP contribution in [-0.2, 0) is 0 Å². The van der Waals surface area contributed by atoms with Crippen molar-refractivity contribution in [1.29, 1.82) is 5.26 Å². The van der Waals surface area contributed by atoms with Gasteiger partial charge in [0.05, 0.1) is 17.3 Å². The molecular weight excluding hydrogens is 368 g/mol. The monoisotopic (exact) mass is 380 g/mol. The summed E-state index contributed by atoms with van der Waals surface area (Å²) in [6.45, 7) is 0. The molecule has 2 N–H and O–H groups in total. The van der Waals surface area contributed by atoms with Gasteiger partial charge in [-0.05, 0) is 51.8 Å². The molecule has 3 rings (SSSR count). The second-order valence-electron chi connectivity index (χ2n) is 5.01. The molecule has 5 nitrogen and oxygen atoms in total. The fraction of sp³-hybridized carbons (Fsp3) is 0.0556. The smallest absolute Gasteiger partial charge is 0.142 e. The predicted octanol–water partition coefficient (Wildman–Crippen LogP) is 4.04. The van der Waals surface area contributed by atoms with E-state index in [1.54, 1.807) is 19.5 Å². The van der Waals surface area contributed by atoms with Crippen LogP contribution in [0.4, 0.5) is 5.82 Å². The summed E-state index contributed by atoms with van der Waals surface area (Å²) < 4.78 is 6.05. The molecule has 2 heterocycles. The quantitative estimate of drug-likeness (QED) is 0.740. The topological polar surface area (TPSA) is 84.8 Å². The highest BCUT2D eigenvalue weighted by molar-refractivity contribution is 9.10. The van der Waals surface area contributed by atoms with E-state index in [0.717, 1.165) is 21.2 Å². The first-order valence-corrected chi connectivity index (χ1v) is 7.88. The maximum Gasteiger partial charge on any atom is 0.142 e. The number of nitrogens with two attached hydrogens (primary N) is 1. The molecule has 24 heavy (non-hydrogen) atoms. The van der Waals surface area contributed by atoms with Gasteiger partial charge in [-0.1, -0.05) is 6.07 Å². The van der Waals surface area contributed by atoms with Crippen LogP contribution in [0, 0.1) is 11.3 Å². The van der Waals surface area contributed by atoms with E-state index in [-0.39, 0.29) is 5.82 Å². The molecule has 0 unspecified atom stereocenters. The van der Waals surface area contributed by atoms with Gasteiger partial charge in [0.2, 0.25) is 0 Å². The van der Waals surface area contributed by atoms with Gasteiger partial charge in [0, 0.05) is 23.5 Å². The molecule has 0 spiro atoms. The van der Waals surface area contributed by atoms with Gasteiger partial charge in [0.1, 0.15) is 23.2 Å². The lowest BCUT2D eigenvalue weighted by atomic mass is 9.98. The summed E-state index contributed by atoms with van der Waals surface area (Å²) in [7, 11) is 1.60. The number of rotatable bonds is 3. The van der Waals surface area contributed by atoms with E-state index in [1.807, 2.05) is 36.4 Å². The first-order valence-electron chi connectivity index (χ1n) is 7.09. The lowest BCUT2D eigenvalue weighted by Gasteiger charge is -2.11. The molecule has 0 fully saturated rings. The molecule has 0 aliphatic carbocycles. The molecule has 0 saturated carbocycles. The van der Waals surface area contributed by atoms with Crippen molar-refractivity contribution >= 4 is 21.7 Å². The molecule has 1 aromatic carbocycles. The van der Waals surface area contributed by atoms with Crippen molar-refractivity contribution in [1.82, 2.24) is 9.97 Å². The molecule has 6 heteroatoms. The minimum absolute atomic E-state index is 0.203. The van der Waals surface area contributed by atoms with Crippen molar-refractivity contribution < 1.29 is 4.74 Å². The van der Waals surface area contributed by atoms with Crippen molar-refractivity contribution in [3.8, 4) is 34.2 Å². The van der Waals surface area contributed by atoms with Crippen molar-refractivity contribution in [2.75, 3.05) is 12.8 Å². The Morgan fingerprint density at radius 3 is 2.50 bits per heavy atom. The summed E-state index contributed by atoms with van der Waals surface area (Å²) in [5, 5.41) is 9.48. The second kappa shape index (κ2) is 6.69. The van der Waals surface area contributed by atoms with Crippen molar-refractivity contribution in [3.63, 3.8) is 0 Å². The second-order valence-corrected chi connectivity index (χ2v) is 5.87. The number of halogens is 1. The van der Waals surface area contributed by atoms with Crippen LogP contribution in [0.5, 0.6) is 5.75 Å². The van der Waals surface area contributed by atoms with E-state index in [2.05, 4.69) is 32.0 Å². The molecule has 118 valence electrons. The third-order valence-corrected chi connectivity index (χ3v) is 4.22. The van der Waals surface area contributed by atoms with E-state index in [1.165, 1.54) is 0 Å². The normalized spacial score (nSPS) is 10.2. The molecule has 0 radical (unpaired) electrons. The van der Waals surface area contributed by atoms with Crippen molar-refractivity contribution in [2.24, 2.45) is 0 Å². The summed E-state index contributed by atoms with van der Waals surface area (Å²) in [5.41, 5.74) is 9.52. The van der Waals surface area contributed by atoms with Crippen LogP contribution in [0.3, 0.4) is 0 Å². The Bertz CT molecular complexity index is 936. The van der Waals surface area contributed by atoms with Gasteiger partial charge in [-0.25, -0.2) is 4.98 Å². The van der Waals surface area contributed by atoms with E-state index in [0.29, 0.717) is 17.0 Å². The van der Waals surface area contributed by atoms with Crippen molar-refractivity contribution in [2.45, 2.75) is 0 Å². The minimum atomic E-state index is 0.203. The highest BCUT2D eigenvalue weighted by Gasteiger charge is 2.14. The molecule has 2 aromatic heterocycles.